The first-order chi connectivity index (χ1) is 10.0. The Labute approximate surface area is 126 Å². The molecule has 2 heterocycles. The van der Waals surface area contributed by atoms with E-state index >= 15 is 0 Å². The second kappa shape index (κ2) is 5.21. The normalized spacial score (nSPS) is 10.8. The summed E-state index contributed by atoms with van der Waals surface area (Å²) in [5, 5.41) is 3.37. The molecule has 0 aliphatic heterocycles. The van der Waals surface area contributed by atoms with Crippen molar-refractivity contribution in [3.05, 3.63) is 47.0 Å². The molecule has 21 heavy (non-hydrogen) atoms. The number of nitrogens with one attached hydrogen (secondary N) is 1. The number of nitrogens with zero attached hydrogens (tertiary/aromatic N) is 3. The monoisotopic (exact) mass is 298 g/mol. The molecule has 0 atom stereocenters. The minimum Gasteiger partial charge on any atom is -0.296 e. The van der Waals surface area contributed by atoms with Gasteiger partial charge in [-0.2, -0.15) is 0 Å². The predicted octanol–water partition coefficient (Wildman–Crippen LogP) is 3.26. The maximum atomic E-state index is 12.1. The lowest BCUT2D eigenvalue weighted by atomic mass is 10.1. The maximum Gasteiger partial charge on any atom is 0.277 e. The fourth-order valence-corrected chi connectivity index (χ4v) is 2.99. The van der Waals surface area contributed by atoms with Crippen LogP contribution in [0.5, 0.6) is 0 Å². The molecule has 0 saturated carbocycles. The van der Waals surface area contributed by atoms with E-state index < -0.39 is 0 Å². The Hall–Kier alpha value is -2.34. The Balaban J connectivity index is 1.91. The summed E-state index contributed by atoms with van der Waals surface area (Å²) in [4.78, 5) is 24.8. The molecule has 6 heteroatoms. The Kier molecular flexibility index (Phi) is 3.39. The van der Waals surface area contributed by atoms with Crippen LogP contribution in [0.25, 0.3) is 10.2 Å². The highest BCUT2D eigenvalue weighted by Gasteiger charge is 2.13. The fraction of sp³-hybridized carbons (Fsp3) is 0.200. The van der Waals surface area contributed by atoms with Crippen LogP contribution in [0.15, 0.2) is 24.5 Å². The van der Waals surface area contributed by atoms with Gasteiger partial charge in [0.1, 0.15) is 5.69 Å². The maximum absolute atomic E-state index is 12.1. The van der Waals surface area contributed by atoms with E-state index in [0.717, 1.165) is 27.0 Å². The molecule has 0 radical (unpaired) electrons. The molecule has 0 saturated heterocycles. The molecule has 0 unspecified atom stereocenters. The third-order valence-electron chi connectivity index (χ3n) is 3.18. The number of benzene rings is 1. The zero-order chi connectivity index (χ0) is 15.0. The van der Waals surface area contributed by atoms with E-state index in [1.54, 1.807) is 6.20 Å². The molecule has 0 aliphatic carbocycles. The number of thiazole rings is 1. The van der Waals surface area contributed by atoms with Crippen molar-refractivity contribution in [3.63, 3.8) is 0 Å². The van der Waals surface area contributed by atoms with Gasteiger partial charge < -0.3 is 0 Å². The number of hydrogen-bond donors (Lipinski definition) is 1. The van der Waals surface area contributed by atoms with Gasteiger partial charge >= 0.3 is 0 Å². The van der Waals surface area contributed by atoms with Gasteiger partial charge in [0.15, 0.2) is 5.13 Å². The van der Waals surface area contributed by atoms with Crippen molar-refractivity contribution >= 4 is 32.6 Å². The van der Waals surface area contributed by atoms with E-state index in [4.69, 9.17) is 0 Å². The molecular weight excluding hydrogens is 284 g/mol. The Bertz CT molecular complexity index is 785. The number of amides is 1. The summed E-state index contributed by atoms with van der Waals surface area (Å²) in [5.74, 6) is -0.295. The van der Waals surface area contributed by atoms with E-state index in [1.165, 1.54) is 17.5 Å². The standard InChI is InChI=1S/C15H14N4OS/c1-8-4-5-9(2)13-12(8)18-15(21-13)19-14(20)11-7-16-10(3)6-17-11/h4-7H,1-3H3,(H,18,19,20). The van der Waals surface area contributed by atoms with E-state index in [1.807, 2.05) is 26.8 Å². The number of carbonyl (C=O) groups excluding carboxylic acids is 1. The third-order valence-corrected chi connectivity index (χ3v) is 4.28. The van der Waals surface area contributed by atoms with E-state index in [2.05, 4.69) is 26.3 Å². The summed E-state index contributed by atoms with van der Waals surface area (Å²) in [6, 6.07) is 4.10. The van der Waals surface area contributed by atoms with Crippen LogP contribution in [-0.2, 0) is 0 Å². The lowest BCUT2D eigenvalue weighted by Crippen LogP contribution is -2.13. The molecule has 0 aliphatic rings. The highest BCUT2D eigenvalue weighted by molar-refractivity contribution is 7.22. The van der Waals surface area contributed by atoms with E-state index in [-0.39, 0.29) is 11.6 Å². The number of aryl methyl sites for hydroxylation is 3. The first-order valence-corrected chi connectivity index (χ1v) is 7.33. The minimum atomic E-state index is -0.295. The summed E-state index contributed by atoms with van der Waals surface area (Å²) >= 11 is 1.47. The van der Waals surface area contributed by atoms with Crippen LogP contribution < -0.4 is 5.32 Å². The molecule has 0 spiro atoms. The van der Waals surface area contributed by atoms with Gasteiger partial charge in [-0.15, -0.1) is 0 Å². The molecule has 2 aromatic heterocycles. The van der Waals surface area contributed by atoms with Gasteiger partial charge in [-0.1, -0.05) is 23.5 Å². The van der Waals surface area contributed by atoms with Gasteiger partial charge in [-0.3, -0.25) is 15.1 Å². The fourth-order valence-electron chi connectivity index (χ4n) is 1.98. The largest absolute Gasteiger partial charge is 0.296 e. The Morgan fingerprint density at radius 3 is 2.52 bits per heavy atom. The molecule has 3 rings (SSSR count). The Morgan fingerprint density at radius 2 is 1.86 bits per heavy atom. The molecular formula is C15H14N4OS. The zero-order valence-corrected chi connectivity index (χ0v) is 12.8. The number of carbonyl (C=O) groups is 1. The van der Waals surface area contributed by atoms with Crippen LogP contribution >= 0.6 is 11.3 Å². The summed E-state index contributed by atoms with van der Waals surface area (Å²) in [6.45, 7) is 5.88. The summed E-state index contributed by atoms with van der Waals surface area (Å²) < 4.78 is 1.10. The van der Waals surface area contributed by atoms with Crippen molar-refractivity contribution in [1.82, 2.24) is 15.0 Å². The number of anilines is 1. The summed E-state index contributed by atoms with van der Waals surface area (Å²) in [5.41, 5.74) is 4.25. The van der Waals surface area contributed by atoms with Crippen LogP contribution in [0.1, 0.15) is 27.3 Å². The second-order valence-corrected chi connectivity index (χ2v) is 5.89. The highest BCUT2D eigenvalue weighted by atomic mass is 32.1. The van der Waals surface area contributed by atoms with Crippen molar-refractivity contribution in [2.75, 3.05) is 5.32 Å². The van der Waals surface area contributed by atoms with Gasteiger partial charge in [0.2, 0.25) is 0 Å². The molecule has 1 N–H and O–H groups in total. The van der Waals surface area contributed by atoms with Crippen LogP contribution in [0, 0.1) is 20.8 Å². The van der Waals surface area contributed by atoms with Crippen molar-refractivity contribution in [3.8, 4) is 0 Å². The van der Waals surface area contributed by atoms with Gasteiger partial charge in [0, 0.05) is 6.20 Å². The lowest BCUT2D eigenvalue weighted by molar-refractivity contribution is 0.102. The molecule has 0 fully saturated rings. The predicted molar refractivity (Wildman–Crippen MR) is 83.8 cm³/mol. The molecule has 106 valence electrons. The Morgan fingerprint density at radius 1 is 1.10 bits per heavy atom. The molecule has 5 nitrogen and oxygen atoms in total. The van der Waals surface area contributed by atoms with Crippen LogP contribution in [0.2, 0.25) is 0 Å². The minimum absolute atomic E-state index is 0.285. The number of rotatable bonds is 2. The number of fused-ring (bicyclic) bond motifs is 1. The first-order valence-electron chi connectivity index (χ1n) is 6.51. The van der Waals surface area contributed by atoms with Crippen molar-refractivity contribution < 1.29 is 4.79 Å². The first kappa shape index (κ1) is 13.6. The van der Waals surface area contributed by atoms with Crippen molar-refractivity contribution in [2.45, 2.75) is 20.8 Å². The van der Waals surface area contributed by atoms with Gasteiger partial charge in [0.05, 0.1) is 22.1 Å². The van der Waals surface area contributed by atoms with E-state index in [9.17, 15) is 4.79 Å². The average molecular weight is 298 g/mol. The molecule has 1 aromatic carbocycles. The average Bonchev–Trinajstić information content (AvgIpc) is 2.89. The quantitative estimate of drug-likeness (QED) is 0.788. The van der Waals surface area contributed by atoms with Gasteiger partial charge in [-0.05, 0) is 31.9 Å². The third kappa shape index (κ3) is 2.62. The van der Waals surface area contributed by atoms with Crippen molar-refractivity contribution in [1.29, 1.82) is 0 Å². The van der Waals surface area contributed by atoms with Crippen molar-refractivity contribution in [2.24, 2.45) is 0 Å². The summed E-state index contributed by atoms with van der Waals surface area (Å²) in [7, 11) is 0. The van der Waals surface area contributed by atoms with Gasteiger partial charge in [-0.25, -0.2) is 9.97 Å². The SMILES string of the molecule is Cc1cnc(C(=O)Nc2nc3c(C)ccc(C)c3s2)cn1. The topological polar surface area (TPSA) is 67.8 Å². The second-order valence-electron chi connectivity index (χ2n) is 4.89. The van der Waals surface area contributed by atoms with Crippen LogP contribution in [-0.4, -0.2) is 20.9 Å². The molecule has 1 amide bonds. The van der Waals surface area contributed by atoms with Gasteiger partial charge in [0.25, 0.3) is 5.91 Å². The summed E-state index contributed by atoms with van der Waals surface area (Å²) in [6.07, 6.45) is 3.04. The highest BCUT2D eigenvalue weighted by Crippen LogP contribution is 2.30. The molecule has 0 bridgehead atoms. The lowest BCUT2D eigenvalue weighted by Gasteiger charge is -2.00. The number of hydrogen-bond acceptors (Lipinski definition) is 5. The zero-order valence-electron chi connectivity index (χ0n) is 12.0. The van der Waals surface area contributed by atoms with Crippen LogP contribution in [0.3, 0.4) is 0 Å². The van der Waals surface area contributed by atoms with Crippen LogP contribution in [0.4, 0.5) is 5.13 Å². The number of aromatic nitrogens is 3. The smallest absolute Gasteiger partial charge is 0.277 e. The molecule has 3 aromatic rings. The van der Waals surface area contributed by atoms with E-state index in [0.29, 0.717) is 5.13 Å².